The number of nitrogens with zero attached hydrogens (tertiary/aromatic N) is 2. The Kier molecular flexibility index (Phi) is 3.69. The van der Waals surface area contributed by atoms with E-state index < -0.39 is 0 Å². The molecule has 0 saturated heterocycles. The molecule has 0 saturated carbocycles. The minimum Gasteiger partial charge on any atom is -0.339 e. The number of benzene rings is 1. The van der Waals surface area contributed by atoms with Gasteiger partial charge >= 0.3 is 0 Å². The van der Waals surface area contributed by atoms with Crippen LogP contribution < -0.4 is 10.6 Å². The Bertz CT molecular complexity index is 551. The highest BCUT2D eigenvalue weighted by atomic mass is 16.5. The highest BCUT2D eigenvalue weighted by Crippen LogP contribution is 2.15. The van der Waals surface area contributed by atoms with Gasteiger partial charge in [0.25, 0.3) is 11.7 Å². The molecule has 0 atom stereocenters. The standard InChI is InChI=1S/C12H14N4O2/c1-8-14-11(16-18-8)12(17)15-10-6-4-3-5-9(10)7-13-2/h3-6,13H,7H2,1-2H3,(H,15,17). The molecule has 0 aliphatic heterocycles. The van der Waals surface area contributed by atoms with Crippen molar-refractivity contribution in [2.75, 3.05) is 12.4 Å². The first kappa shape index (κ1) is 12.3. The molecule has 6 nitrogen and oxygen atoms in total. The molecule has 1 heterocycles. The Morgan fingerprint density at radius 1 is 1.39 bits per heavy atom. The molecule has 2 rings (SSSR count). The van der Waals surface area contributed by atoms with Gasteiger partial charge in [-0.15, -0.1) is 0 Å². The van der Waals surface area contributed by atoms with Crippen LogP contribution in [-0.2, 0) is 6.54 Å². The maximum Gasteiger partial charge on any atom is 0.297 e. The second-order valence-electron chi connectivity index (χ2n) is 3.78. The van der Waals surface area contributed by atoms with Crippen LogP contribution in [0.25, 0.3) is 0 Å². The molecule has 2 aromatic rings. The molecule has 1 amide bonds. The van der Waals surface area contributed by atoms with E-state index in [1.165, 1.54) is 0 Å². The number of nitrogens with one attached hydrogen (secondary N) is 2. The first-order valence-electron chi connectivity index (χ1n) is 5.55. The van der Waals surface area contributed by atoms with Crippen LogP contribution in [0.4, 0.5) is 5.69 Å². The summed E-state index contributed by atoms with van der Waals surface area (Å²) in [5.74, 6) is 0.0193. The van der Waals surface area contributed by atoms with Gasteiger partial charge in [-0.25, -0.2) is 0 Å². The first-order valence-corrected chi connectivity index (χ1v) is 5.55. The lowest BCUT2D eigenvalue weighted by Gasteiger charge is -2.08. The number of para-hydroxylation sites is 1. The van der Waals surface area contributed by atoms with E-state index in [0.29, 0.717) is 12.4 Å². The Balaban J connectivity index is 2.16. The van der Waals surface area contributed by atoms with Crippen molar-refractivity contribution in [2.45, 2.75) is 13.5 Å². The number of anilines is 1. The molecule has 0 spiro atoms. The number of aromatic nitrogens is 2. The van der Waals surface area contributed by atoms with Gasteiger partial charge in [-0.3, -0.25) is 4.79 Å². The Hall–Kier alpha value is -2.21. The quantitative estimate of drug-likeness (QED) is 0.851. The lowest BCUT2D eigenvalue weighted by atomic mass is 10.1. The maximum absolute atomic E-state index is 11.9. The predicted molar refractivity (Wildman–Crippen MR) is 66.2 cm³/mol. The van der Waals surface area contributed by atoms with Crippen molar-refractivity contribution in [1.29, 1.82) is 0 Å². The number of aryl methyl sites for hydroxylation is 1. The van der Waals surface area contributed by atoms with Gasteiger partial charge < -0.3 is 15.2 Å². The average molecular weight is 246 g/mol. The van der Waals surface area contributed by atoms with Crippen molar-refractivity contribution in [3.8, 4) is 0 Å². The molecule has 18 heavy (non-hydrogen) atoms. The van der Waals surface area contributed by atoms with Gasteiger partial charge in [-0.05, 0) is 18.7 Å². The van der Waals surface area contributed by atoms with E-state index in [-0.39, 0.29) is 11.7 Å². The van der Waals surface area contributed by atoms with E-state index in [1.54, 1.807) is 6.92 Å². The molecule has 94 valence electrons. The molecule has 0 aliphatic rings. The van der Waals surface area contributed by atoms with Gasteiger partial charge in [0.15, 0.2) is 0 Å². The summed E-state index contributed by atoms with van der Waals surface area (Å²) in [5.41, 5.74) is 1.73. The monoisotopic (exact) mass is 246 g/mol. The minimum absolute atomic E-state index is 0.0340. The third-order valence-electron chi connectivity index (χ3n) is 2.36. The Morgan fingerprint density at radius 3 is 2.83 bits per heavy atom. The van der Waals surface area contributed by atoms with Crippen LogP contribution in [0.5, 0.6) is 0 Å². The summed E-state index contributed by atoms with van der Waals surface area (Å²) in [4.78, 5) is 15.7. The van der Waals surface area contributed by atoms with Gasteiger partial charge in [0.1, 0.15) is 0 Å². The molecular formula is C12H14N4O2. The normalized spacial score (nSPS) is 10.3. The van der Waals surface area contributed by atoms with Crippen LogP contribution in [0.3, 0.4) is 0 Å². The SMILES string of the molecule is CNCc1ccccc1NC(=O)c1noc(C)n1. The zero-order valence-electron chi connectivity index (χ0n) is 10.2. The largest absolute Gasteiger partial charge is 0.339 e. The molecule has 0 aliphatic carbocycles. The molecular weight excluding hydrogens is 232 g/mol. The summed E-state index contributed by atoms with van der Waals surface area (Å²) in [6.07, 6.45) is 0. The van der Waals surface area contributed by atoms with Crippen molar-refractivity contribution in [3.63, 3.8) is 0 Å². The van der Waals surface area contributed by atoms with E-state index in [2.05, 4.69) is 20.8 Å². The average Bonchev–Trinajstić information content (AvgIpc) is 2.79. The fourth-order valence-corrected chi connectivity index (χ4v) is 1.56. The van der Waals surface area contributed by atoms with E-state index in [9.17, 15) is 4.79 Å². The van der Waals surface area contributed by atoms with Gasteiger partial charge in [-0.2, -0.15) is 4.98 Å². The molecule has 0 unspecified atom stereocenters. The van der Waals surface area contributed by atoms with Crippen LogP contribution >= 0.6 is 0 Å². The zero-order valence-corrected chi connectivity index (χ0v) is 10.2. The first-order chi connectivity index (χ1) is 8.70. The van der Waals surface area contributed by atoms with Crippen molar-refractivity contribution < 1.29 is 9.32 Å². The number of amides is 1. The predicted octanol–water partition coefficient (Wildman–Crippen LogP) is 1.35. The van der Waals surface area contributed by atoms with Gasteiger partial charge in [0, 0.05) is 19.2 Å². The van der Waals surface area contributed by atoms with Gasteiger partial charge in [-0.1, -0.05) is 23.4 Å². The van der Waals surface area contributed by atoms with Crippen LogP contribution in [-0.4, -0.2) is 23.1 Å². The lowest BCUT2D eigenvalue weighted by Crippen LogP contribution is -2.16. The summed E-state index contributed by atoms with van der Waals surface area (Å²) in [5, 5.41) is 9.38. The van der Waals surface area contributed by atoms with Crippen LogP contribution in [0.1, 0.15) is 22.1 Å². The number of rotatable bonds is 4. The van der Waals surface area contributed by atoms with Crippen molar-refractivity contribution in [2.24, 2.45) is 0 Å². The van der Waals surface area contributed by atoms with Crippen molar-refractivity contribution in [1.82, 2.24) is 15.5 Å². The highest BCUT2D eigenvalue weighted by Gasteiger charge is 2.14. The fourth-order valence-electron chi connectivity index (χ4n) is 1.56. The molecule has 1 aromatic carbocycles. The maximum atomic E-state index is 11.9. The lowest BCUT2D eigenvalue weighted by molar-refractivity contribution is 0.101. The second kappa shape index (κ2) is 5.42. The fraction of sp³-hybridized carbons (Fsp3) is 0.250. The second-order valence-corrected chi connectivity index (χ2v) is 3.78. The van der Waals surface area contributed by atoms with Crippen LogP contribution in [0.15, 0.2) is 28.8 Å². The molecule has 0 radical (unpaired) electrons. The molecule has 0 bridgehead atoms. The summed E-state index contributed by atoms with van der Waals surface area (Å²) in [6, 6.07) is 7.54. The molecule has 1 aromatic heterocycles. The summed E-state index contributed by atoms with van der Waals surface area (Å²) < 4.78 is 4.77. The van der Waals surface area contributed by atoms with Crippen LogP contribution in [0, 0.1) is 6.92 Å². The van der Waals surface area contributed by atoms with Gasteiger partial charge in [0.2, 0.25) is 5.89 Å². The van der Waals surface area contributed by atoms with Crippen molar-refractivity contribution >= 4 is 11.6 Å². The molecule has 6 heteroatoms. The number of carbonyl (C=O) groups excluding carboxylic acids is 1. The highest BCUT2D eigenvalue weighted by molar-refractivity contribution is 6.01. The smallest absolute Gasteiger partial charge is 0.297 e. The Morgan fingerprint density at radius 2 is 2.17 bits per heavy atom. The molecule has 0 fully saturated rings. The van der Waals surface area contributed by atoms with E-state index in [0.717, 1.165) is 11.3 Å². The van der Waals surface area contributed by atoms with Crippen molar-refractivity contribution in [3.05, 3.63) is 41.5 Å². The van der Waals surface area contributed by atoms with E-state index >= 15 is 0 Å². The molecule has 2 N–H and O–H groups in total. The number of carbonyl (C=O) groups is 1. The minimum atomic E-state index is -0.379. The number of hydrogen-bond acceptors (Lipinski definition) is 5. The third kappa shape index (κ3) is 2.72. The third-order valence-corrected chi connectivity index (χ3v) is 2.36. The summed E-state index contributed by atoms with van der Waals surface area (Å²) in [6.45, 7) is 2.31. The van der Waals surface area contributed by atoms with E-state index in [1.807, 2.05) is 31.3 Å². The van der Waals surface area contributed by atoms with Gasteiger partial charge in [0.05, 0.1) is 0 Å². The zero-order chi connectivity index (χ0) is 13.0. The van der Waals surface area contributed by atoms with E-state index in [4.69, 9.17) is 4.52 Å². The number of hydrogen-bond donors (Lipinski definition) is 2. The Labute approximate surface area is 104 Å². The summed E-state index contributed by atoms with van der Waals surface area (Å²) in [7, 11) is 1.85. The topological polar surface area (TPSA) is 80.0 Å². The summed E-state index contributed by atoms with van der Waals surface area (Å²) >= 11 is 0. The van der Waals surface area contributed by atoms with Crippen LogP contribution in [0.2, 0.25) is 0 Å².